The summed E-state index contributed by atoms with van der Waals surface area (Å²) in [6, 6.07) is 23.2. The van der Waals surface area contributed by atoms with E-state index in [4.69, 9.17) is 4.74 Å². The lowest BCUT2D eigenvalue weighted by Gasteiger charge is -2.42. The third kappa shape index (κ3) is 3.23. The molecule has 29 heavy (non-hydrogen) atoms. The lowest BCUT2D eigenvalue weighted by Crippen LogP contribution is -2.47. The molecule has 1 N–H and O–H groups in total. The summed E-state index contributed by atoms with van der Waals surface area (Å²) in [6.07, 6.45) is 0. The Morgan fingerprint density at radius 3 is 2.17 bits per heavy atom. The van der Waals surface area contributed by atoms with Gasteiger partial charge in [0, 0.05) is 11.5 Å². The molecule has 0 aliphatic carbocycles. The van der Waals surface area contributed by atoms with Crippen molar-refractivity contribution >= 4 is 16.7 Å². The maximum absolute atomic E-state index is 12.8. The summed E-state index contributed by atoms with van der Waals surface area (Å²) >= 11 is 0. The second-order valence-corrected chi connectivity index (χ2v) is 8.22. The number of para-hydroxylation sites is 1. The van der Waals surface area contributed by atoms with E-state index in [1.54, 1.807) is 33.9 Å². The maximum Gasteiger partial charge on any atom is 0.325 e. The quantitative estimate of drug-likeness (QED) is 0.617. The zero-order chi connectivity index (χ0) is 21.2. The van der Waals surface area contributed by atoms with Gasteiger partial charge in [-0.1, -0.05) is 81.4 Å². The van der Waals surface area contributed by atoms with E-state index >= 15 is 0 Å². The van der Waals surface area contributed by atoms with Crippen molar-refractivity contribution in [3.8, 4) is 11.8 Å². The van der Waals surface area contributed by atoms with Gasteiger partial charge in [0.05, 0.1) is 13.2 Å². The Morgan fingerprint density at radius 1 is 0.966 bits per heavy atom. The number of methoxy groups -OCH3 is 1. The van der Waals surface area contributed by atoms with Crippen LogP contribution >= 0.6 is 0 Å². The van der Waals surface area contributed by atoms with Crippen molar-refractivity contribution in [2.75, 3.05) is 7.11 Å². The summed E-state index contributed by atoms with van der Waals surface area (Å²) in [4.78, 5) is 12.8. The molecule has 3 rings (SSSR count). The Morgan fingerprint density at radius 2 is 1.55 bits per heavy atom. The Balaban J connectivity index is 2.49. The summed E-state index contributed by atoms with van der Waals surface area (Å²) in [6.45, 7) is 5.41. The second kappa shape index (κ2) is 7.60. The van der Waals surface area contributed by atoms with Gasteiger partial charge in [-0.15, -0.1) is 0 Å². The first-order valence-electron chi connectivity index (χ1n) is 9.53. The lowest BCUT2D eigenvalue weighted by atomic mass is 9.56. The van der Waals surface area contributed by atoms with Gasteiger partial charge in [-0.2, -0.15) is 5.26 Å². The van der Waals surface area contributed by atoms with Gasteiger partial charge in [0.15, 0.2) is 5.41 Å². The lowest BCUT2D eigenvalue weighted by molar-refractivity contribution is -0.152. The van der Waals surface area contributed by atoms with Crippen LogP contribution in [0.2, 0.25) is 0 Å². The first-order valence-corrected chi connectivity index (χ1v) is 9.53. The molecular formula is C25H25NO3. The van der Waals surface area contributed by atoms with Gasteiger partial charge in [0.2, 0.25) is 0 Å². The van der Waals surface area contributed by atoms with Crippen LogP contribution in [0.4, 0.5) is 0 Å². The topological polar surface area (TPSA) is 70.3 Å². The Bertz CT molecular complexity index is 1090. The minimum Gasteiger partial charge on any atom is -0.496 e. The maximum atomic E-state index is 12.8. The predicted octanol–water partition coefficient (Wildman–Crippen LogP) is 5.62. The molecule has 0 amide bonds. The van der Waals surface area contributed by atoms with Gasteiger partial charge >= 0.3 is 5.97 Å². The summed E-state index contributed by atoms with van der Waals surface area (Å²) < 4.78 is 5.59. The highest BCUT2D eigenvalue weighted by atomic mass is 16.5. The molecule has 0 saturated heterocycles. The van der Waals surface area contributed by atoms with E-state index in [2.05, 4.69) is 6.07 Å². The van der Waals surface area contributed by atoms with Crippen LogP contribution in [-0.4, -0.2) is 18.2 Å². The van der Waals surface area contributed by atoms with Crippen molar-refractivity contribution in [2.24, 2.45) is 10.8 Å². The van der Waals surface area contributed by atoms with Crippen LogP contribution in [0.1, 0.15) is 37.8 Å². The molecular weight excluding hydrogens is 362 g/mol. The van der Waals surface area contributed by atoms with Gasteiger partial charge in [-0.25, -0.2) is 0 Å². The number of hydrogen-bond donors (Lipinski definition) is 1. The van der Waals surface area contributed by atoms with E-state index in [9.17, 15) is 15.2 Å². The zero-order valence-electron chi connectivity index (χ0n) is 17.1. The molecule has 0 spiro atoms. The van der Waals surface area contributed by atoms with Crippen molar-refractivity contribution < 1.29 is 14.6 Å². The predicted molar refractivity (Wildman–Crippen MR) is 114 cm³/mol. The van der Waals surface area contributed by atoms with Crippen LogP contribution in [0.5, 0.6) is 5.75 Å². The SMILES string of the molecule is COc1ccccc1C(c1cccc2ccccc12)C(C#N)(C(=O)O)C(C)(C)C. The molecule has 3 aromatic rings. The molecule has 0 fully saturated rings. The normalized spacial score (nSPS) is 14.6. The minimum absolute atomic E-state index is 0.565. The second-order valence-electron chi connectivity index (χ2n) is 8.22. The van der Waals surface area contributed by atoms with Crippen LogP contribution in [0.25, 0.3) is 10.8 Å². The molecule has 0 aromatic heterocycles. The van der Waals surface area contributed by atoms with Gasteiger partial charge in [-0.05, 0) is 27.8 Å². The number of nitriles is 1. The number of fused-ring (bicyclic) bond motifs is 1. The number of carboxylic acid groups (broad SMARTS) is 1. The van der Waals surface area contributed by atoms with Crippen LogP contribution in [0, 0.1) is 22.2 Å². The number of ether oxygens (including phenoxy) is 1. The van der Waals surface area contributed by atoms with E-state index < -0.39 is 22.7 Å². The van der Waals surface area contributed by atoms with Crippen molar-refractivity contribution in [1.29, 1.82) is 5.26 Å². The van der Waals surface area contributed by atoms with E-state index in [0.29, 0.717) is 11.3 Å². The average molecular weight is 387 g/mol. The highest BCUT2D eigenvalue weighted by Crippen LogP contribution is 2.54. The molecule has 148 valence electrons. The fraction of sp³-hybridized carbons (Fsp3) is 0.280. The standard InChI is InChI=1S/C25H25NO3/c1-24(2,3)25(16-26,23(27)28)22(20-13-7-8-15-21(20)29-4)19-14-9-11-17-10-5-6-12-18(17)19/h5-15,22H,1-4H3,(H,27,28). The molecule has 0 aliphatic rings. The third-order valence-electron chi connectivity index (χ3n) is 5.71. The summed E-state index contributed by atoms with van der Waals surface area (Å²) in [5, 5.41) is 22.7. The monoisotopic (exact) mass is 387 g/mol. The fourth-order valence-electron chi connectivity index (χ4n) is 4.20. The molecule has 0 saturated carbocycles. The molecule has 0 aliphatic heterocycles. The molecule has 0 heterocycles. The number of nitrogens with zero attached hydrogens (tertiary/aromatic N) is 1. The van der Waals surface area contributed by atoms with Crippen LogP contribution in [0.15, 0.2) is 66.7 Å². The van der Waals surface area contributed by atoms with E-state index in [-0.39, 0.29) is 0 Å². The Labute approximate surface area is 171 Å². The number of hydrogen-bond acceptors (Lipinski definition) is 3. The van der Waals surface area contributed by atoms with Gasteiger partial charge in [0.1, 0.15) is 5.75 Å². The van der Waals surface area contributed by atoms with Crippen LogP contribution in [-0.2, 0) is 4.79 Å². The number of carboxylic acids is 1. The molecule has 2 atom stereocenters. The highest BCUT2D eigenvalue weighted by Gasteiger charge is 2.57. The zero-order valence-corrected chi connectivity index (χ0v) is 17.1. The number of carbonyl (C=O) groups is 1. The number of rotatable bonds is 5. The molecule has 4 nitrogen and oxygen atoms in total. The summed E-state index contributed by atoms with van der Waals surface area (Å²) in [7, 11) is 1.56. The van der Waals surface area contributed by atoms with Gasteiger partial charge in [-0.3, -0.25) is 4.79 Å². The first kappa shape index (κ1) is 20.4. The first-order chi connectivity index (χ1) is 13.8. The smallest absolute Gasteiger partial charge is 0.325 e. The molecule has 0 bridgehead atoms. The fourth-order valence-corrected chi connectivity index (χ4v) is 4.20. The Hall–Kier alpha value is -3.32. The highest BCUT2D eigenvalue weighted by molar-refractivity contribution is 5.89. The van der Waals surface area contributed by atoms with E-state index in [0.717, 1.165) is 16.3 Å². The largest absolute Gasteiger partial charge is 0.496 e. The van der Waals surface area contributed by atoms with Crippen molar-refractivity contribution in [2.45, 2.75) is 26.7 Å². The van der Waals surface area contributed by atoms with Crippen molar-refractivity contribution in [3.63, 3.8) is 0 Å². The van der Waals surface area contributed by atoms with Crippen LogP contribution < -0.4 is 4.74 Å². The van der Waals surface area contributed by atoms with Crippen molar-refractivity contribution in [1.82, 2.24) is 0 Å². The van der Waals surface area contributed by atoms with Gasteiger partial charge < -0.3 is 9.84 Å². The minimum atomic E-state index is -1.72. The molecule has 0 radical (unpaired) electrons. The molecule has 2 unspecified atom stereocenters. The van der Waals surface area contributed by atoms with Crippen molar-refractivity contribution in [3.05, 3.63) is 77.9 Å². The van der Waals surface area contributed by atoms with Crippen LogP contribution in [0.3, 0.4) is 0 Å². The molecule has 4 heteroatoms. The molecule has 3 aromatic carbocycles. The van der Waals surface area contributed by atoms with Gasteiger partial charge in [0.25, 0.3) is 0 Å². The average Bonchev–Trinajstić information content (AvgIpc) is 2.70. The Kier molecular flexibility index (Phi) is 5.35. The summed E-state index contributed by atoms with van der Waals surface area (Å²) in [5.41, 5.74) is -1.08. The number of aliphatic carboxylic acids is 1. The van der Waals surface area contributed by atoms with E-state index in [1.807, 2.05) is 60.7 Å². The van der Waals surface area contributed by atoms with E-state index in [1.165, 1.54) is 0 Å². The number of benzene rings is 3. The third-order valence-corrected chi connectivity index (χ3v) is 5.71. The summed E-state index contributed by atoms with van der Waals surface area (Å²) in [5.74, 6) is -1.31.